The van der Waals surface area contributed by atoms with E-state index in [1.54, 1.807) is 11.0 Å². The number of hydrogen-bond acceptors (Lipinski definition) is 4. The van der Waals surface area contributed by atoms with Gasteiger partial charge in [-0.3, -0.25) is 9.59 Å². The number of carbonyl (C=O) groups is 2. The number of pyridine rings is 1. The van der Waals surface area contributed by atoms with E-state index < -0.39 is 0 Å². The summed E-state index contributed by atoms with van der Waals surface area (Å²) in [5.74, 6) is 0.0966. The van der Waals surface area contributed by atoms with Gasteiger partial charge in [-0.05, 0) is 24.5 Å². The minimum Gasteiger partial charge on any atom is -0.466 e. The Hall–Kier alpha value is -2.89. The van der Waals surface area contributed by atoms with Crippen molar-refractivity contribution in [2.45, 2.75) is 38.3 Å². The molecule has 0 radical (unpaired) electrons. The van der Waals surface area contributed by atoms with Gasteiger partial charge in [0, 0.05) is 12.2 Å². The van der Waals surface area contributed by atoms with Gasteiger partial charge in [-0.2, -0.15) is 0 Å². The molecule has 1 aliphatic carbocycles. The van der Waals surface area contributed by atoms with E-state index in [2.05, 4.69) is 10.3 Å². The zero-order valence-corrected chi connectivity index (χ0v) is 14.5. The third kappa shape index (κ3) is 3.40. The van der Waals surface area contributed by atoms with Crippen LogP contribution in [0.2, 0.25) is 0 Å². The quantitative estimate of drug-likeness (QED) is 0.919. The Bertz CT molecular complexity index is 816. The van der Waals surface area contributed by atoms with Gasteiger partial charge < -0.3 is 15.0 Å². The third-order valence-electron chi connectivity index (χ3n) is 4.89. The lowest BCUT2D eigenvalue weighted by molar-refractivity contribution is -0.121. The normalized spacial score (nSPS) is 16.9. The van der Waals surface area contributed by atoms with Gasteiger partial charge in [0.25, 0.3) is 11.8 Å². The maximum atomic E-state index is 12.5. The number of nitrogens with one attached hydrogen (secondary N) is 1. The third-order valence-corrected chi connectivity index (χ3v) is 4.89. The highest BCUT2D eigenvalue weighted by atomic mass is 16.5. The molecule has 1 aromatic carbocycles. The molecule has 1 aromatic heterocycles. The van der Waals surface area contributed by atoms with Crippen LogP contribution >= 0.6 is 0 Å². The molecule has 1 N–H and O–H groups in total. The number of benzene rings is 1. The predicted octanol–water partition coefficient (Wildman–Crippen LogP) is 2.68. The van der Waals surface area contributed by atoms with E-state index >= 15 is 0 Å². The smallest absolute Gasteiger partial charge is 0.265 e. The summed E-state index contributed by atoms with van der Waals surface area (Å²) in [4.78, 5) is 30.8. The summed E-state index contributed by atoms with van der Waals surface area (Å²) in [7, 11) is 0. The lowest BCUT2D eigenvalue weighted by atomic mass is 10.1. The van der Waals surface area contributed by atoms with E-state index in [1.807, 2.05) is 30.3 Å². The summed E-state index contributed by atoms with van der Waals surface area (Å²) in [5.41, 5.74) is 2.01. The Labute approximate surface area is 152 Å². The second kappa shape index (κ2) is 7.15. The highest BCUT2D eigenvalue weighted by molar-refractivity contribution is 6.00. The molecule has 26 heavy (non-hydrogen) atoms. The van der Waals surface area contributed by atoms with Crippen molar-refractivity contribution in [3.05, 3.63) is 53.7 Å². The van der Waals surface area contributed by atoms with Gasteiger partial charge in [0.1, 0.15) is 5.69 Å². The Balaban J connectivity index is 1.59. The van der Waals surface area contributed by atoms with E-state index in [-0.39, 0.29) is 24.5 Å². The number of fused-ring (bicyclic) bond motifs is 1. The van der Waals surface area contributed by atoms with E-state index in [0.29, 0.717) is 23.7 Å². The van der Waals surface area contributed by atoms with Gasteiger partial charge >= 0.3 is 0 Å². The van der Waals surface area contributed by atoms with Gasteiger partial charge in [-0.15, -0.1) is 0 Å². The highest BCUT2D eigenvalue weighted by Gasteiger charge is 2.28. The molecule has 0 unspecified atom stereocenters. The highest BCUT2D eigenvalue weighted by Crippen LogP contribution is 2.32. The van der Waals surface area contributed by atoms with Crippen molar-refractivity contribution < 1.29 is 14.3 Å². The lowest BCUT2D eigenvalue weighted by Gasteiger charge is -2.29. The number of amides is 2. The van der Waals surface area contributed by atoms with Crippen LogP contribution in [-0.2, 0) is 11.3 Å². The van der Waals surface area contributed by atoms with E-state index in [4.69, 9.17) is 4.74 Å². The summed E-state index contributed by atoms with van der Waals surface area (Å²) in [5, 5.41) is 3.05. The summed E-state index contributed by atoms with van der Waals surface area (Å²) < 4.78 is 5.44. The second-order valence-corrected chi connectivity index (χ2v) is 6.76. The van der Waals surface area contributed by atoms with Crippen LogP contribution in [-0.4, -0.2) is 29.4 Å². The molecule has 6 nitrogen and oxygen atoms in total. The molecule has 1 fully saturated rings. The van der Waals surface area contributed by atoms with Crippen molar-refractivity contribution in [3.8, 4) is 5.88 Å². The van der Waals surface area contributed by atoms with Gasteiger partial charge in [-0.25, -0.2) is 4.98 Å². The van der Waals surface area contributed by atoms with Crippen molar-refractivity contribution in [2.24, 2.45) is 0 Å². The number of aromatic nitrogens is 1. The van der Waals surface area contributed by atoms with E-state index in [9.17, 15) is 9.59 Å². The molecule has 2 aliphatic rings. The van der Waals surface area contributed by atoms with Crippen molar-refractivity contribution in [3.63, 3.8) is 0 Å². The molecule has 2 aromatic rings. The van der Waals surface area contributed by atoms with Crippen LogP contribution in [0.1, 0.15) is 41.6 Å². The average Bonchev–Trinajstić information content (AvgIpc) is 3.17. The predicted molar refractivity (Wildman–Crippen MR) is 97.1 cm³/mol. The molecule has 6 heteroatoms. The number of rotatable bonds is 4. The molecule has 4 rings (SSSR count). The number of carbonyl (C=O) groups excluding carboxylic acids is 2. The molecule has 0 spiro atoms. The molecular formula is C20H21N3O3. The number of hydrogen-bond donors (Lipinski definition) is 1. The van der Waals surface area contributed by atoms with Crippen LogP contribution in [0.5, 0.6) is 5.88 Å². The molecule has 1 aliphatic heterocycles. The van der Waals surface area contributed by atoms with Crippen LogP contribution in [0, 0.1) is 0 Å². The Kier molecular flexibility index (Phi) is 4.56. The molecule has 0 bridgehead atoms. The number of nitrogens with zero attached hydrogens (tertiary/aromatic N) is 2. The van der Waals surface area contributed by atoms with Crippen molar-refractivity contribution in [1.82, 2.24) is 10.3 Å². The lowest BCUT2D eigenvalue weighted by Crippen LogP contribution is -2.39. The Morgan fingerprint density at radius 1 is 1.23 bits per heavy atom. The fraction of sp³-hybridized carbons (Fsp3) is 0.350. The number of ether oxygens (including phenoxy) is 1. The summed E-state index contributed by atoms with van der Waals surface area (Å²) >= 11 is 0. The van der Waals surface area contributed by atoms with Gasteiger partial charge in [0.05, 0.1) is 12.1 Å². The topological polar surface area (TPSA) is 71.5 Å². The molecule has 1 saturated carbocycles. The Morgan fingerprint density at radius 2 is 2.00 bits per heavy atom. The minimum atomic E-state index is -0.148. The fourth-order valence-electron chi connectivity index (χ4n) is 3.49. The molecular weight excluding hydrogens is 330 g/mol. The first-order chi connectivity index (χ1) is 12.7. The first kappa shape index (κ1) is 16.6. The maximum Gasteiger partial charge on any atom is 0.265 e. The van der Waals surface area contributed by atoms with Gasteiger partial charge in [0.15, 0.2) is 6.61 Å². The van der Waals surface area contributed by atoms with Crippen molar-refractivity contribution in [1.29, 1.82) is 0 Å². The SMILES string of the molecule is O=C(NC1CCCC1)c1cnc2c(c1)N(Cc1ccccc1)C(=O)CO2. The van der Waals surface area contributed by atoms with Gasteiger partial charge in [-0.1, -0.05) is 43.2 Å². The fourth-order valence-corrected chi connectivity index (χ4v) is 3.49. The van der Waals surface area contributed by atoms with Crippen molar-refractivity contribution in [2.75, 3.05) is 11.5 Å². The standard InChI is InChI=1S/C20H21N3O3/c24-18-13-26-20-17(23(18)12-14-6-2-1-3-7-14)10-15(11-21-20)19(25)22-16-8-4-5-9-16/h1-3,6-7,10-11,16H,4-5,8-9,12-13H2,(H,22,25). The van der Waals surface area contributed by atoms with Crippen LogP contribution in [0.4, 0.5) is 5.69 Å². The first-order valence-corrected chi connectivity index (χ1v) is 8.99. The minimum absolute atomic E-state index is 0.0412. The average molecular weight is 351 g/mol. The molecule has 0 atom stereocenters. The van der Waals surface area contributed by atoms with E-state index in [0.717, 1.165) is 31.2 Å². The molecule has 2 heterocycles. The number of anilines is 1. The van der Waals surface area contributed by atoms with Crippen LogP contribution in [0.3, 0.4) is 0 Å². The first-order valence-electron chi connectivity index (χ1n) is 8.99. The summed E-state index contributed by atoms with van der Waals surface area (Å²) in [6.07, 6.45) is 5.86. The van der Waals surface area contributed by atoms with E-state index in [1.165, 1.54) is 6.20 Å². The van der Waals surface area contributed by atoms with Crippen molar-refractivity contribution >= 4 is 17.5 Å². The van der Waals surface area contributed by atoms with Crippen LogP contribution < -0.4 is 15.0 Å². The maximum absolute atomic E-state index is 12.5. The van der Waals surface area contributed by atoms with Gasteiger partial charge in [0.2, 0.25) is 5.88 Å². The van der Waals surface area contributed by atoms with Crippen LogP contribution in [0.15, 0.2) is 42.6 Å². The molecule has 134 valence electrons. The van der Waals surface area contributed by atoms with Crippen LogP contribution in [0.25, 0.3) is 0 Å². The zero-order valence-electron chi connectivity index (χ0n) is 14.5. The zero-order chi connectivity index (χ0) is 17.9. The second-order valence-electron chi connectivity index (χ2n) is 6.76. The monoisotopic (exact) mass is 351 g/mol. The Morgan fingerprint density at radius 3 is 2.77 bits per heavy atom. The summed E-state index contributed by atoms with van der Waals surface area (Å²) in [6.45, 7) is 0.381. The largest absolute Gasteiger partial charge is 0.466 e. The molecule has 0 saturated heterocycles. The summed E-state index contributed by atoms with van der Waals surface area (Å²) in [6, 6.07) is 11.7. The molecule has 2 amide bonds.